The Morgan fingerprint density at radius 3 is 2.37 bits per heavy atom. The quantitative estimate of drug-likeness (QED) is 0.876. The lowest BCUT2D eigenvalue weighted by Gasteiger charge is -2.54. The third-order valence-electron chi connectivity index (χ3n) is 5.99. The van der Waals surface area contributed by atoms with Crippen LogP contribution in [0.4, 0.5) is 0 Å². The third kappa shape index (κ3) is 2.03. The predicted octanol–water partition coefficient (Wildman–Crippen LogP) is 3.04. The number of H-pyrrole nitrogens is 1. The van der Waals surface area contributed by atoms with E-state index in [1.807, 2.05) is 13.1 Å². The van der Waals surface area contributed by atoms with Crippen molar-refractivity contribution in [2.45, 2.75) is 51.5 Å². The predicted molar refractivity (Wildman–Crippen MR) is 75.4 cm³/mol. The standard InChI is InChI=1S/C16H25N3/c1-9(17)15-8-18-16(19-15)7-14-12-3-10-2-11(5-12)6-13(14)4-10/h8-14H,2-7,17H2,1H3,(H,18,19). The van der Waals surface area contributed by atoms with Gasteiger partial charge in [0.1, 0.15) is 5.82 Å². The van der Waals surface area contributed by atoms with E-state index in [0.29, 0.717) is 0 Å². The number of nitrogens with one attached hydrogen (secondary N) is 1. The van der Waals surface area contributed by atoms with E-state index in [0.717, 1.165) is 41.7 Å². The molecule has 4 bridgehead atoms. The molecule has 4 aliphatic rings. The van der Waals surface area contributed by atoms with Gasteiger partial charge in [0.25, 0.3) is 0 Å². The Hall–Kier alpha value is -0.830. The number of hydrogen-bond donors (Lipinski definition) is 2. The Labute approximate surface area is 115 Å². The number of aromatic amines is 1. The van der Waals surface area contributed by atoms with E-state index >= 15 is 0 Å². The molecule has 1 aromatic rings. The molecule has 0 saturated heterocycles. The van der Waals surface area contributed by atoms with Gasteiger partial charge in [0.2, 0.25) is 0 Å². The van der Waals surface area contributed by atoms with Crippen LogP contribution in [-0.2, 0) is 6.42 Å². The molecule has 1 heterocycles. The van der Waals surface area contributed by atoms with Crippen molar-refractivity contribution in [3.05, 3.63) is 17.7 Å². The average Bonchev–Trinajstić information content (AvgIpc) is 2.81. The fourth-order valence-electron chi connectivity index (χ4n) is 5.31. The van der Waals surface area contributed by atoms with Crippen LogP contribution in [0.2, 0.25) is 0 Å². The molecule has 4 fully saturated rings. The summed E-state index contributed by atoms with van der Waals surface area (Å²) in [5, 5.41) is 0. The Balaban J connectivity index is 1.50. The summed E-state index contributed by atoms with van der Waals surface area (Å²) >= 11 is 0. The number of nitrogens with two attached hydrogens (primary N) is 1. The van der Waals surface area contributed by atoms with Crippen LogP contribution >= 0.6 is 0 Å². The molecule has 0 amide bonds. The molecule has 5 rings (SSSR count). The van der Waals surface area contributed by atoms with Crippen molar-refractivity contribution in [3.8, 4) is 0 Å². The fraction of sp³-hybridized carbons (Fsp3) is 0.812. The van der Waals surface area contributed by atoms with Crippen molar-refractivity contribution in [3.63, 3.8) is 0 Å². The third-order valence-corrected chi connectivity index (χ3v) is 5.99. The molecule has 3 nitrogen and oxygen atoms in total. The highest BCUT2D eigenvalue weighted by molar-refractivity contribution is 5.08. The molecular weight excluding hydrogens is 234 g/mol. The van der Waals surface area contributed by atoms with E-state index in [1.165, 1.54) is 37.9 Å². The molecule has 104 valence electrons. The molecule has 1 atom stereocenters. The van der Waals surface area contributed by atoms with Gasteiger partial charge >= 0.3 is 0 Å². The van der Waals surface area contributed by atoms with Crippen molar-refractivity contribution >= 4 is 0 Å². The van der Waals surface area contributed by atoms with Crippen molar-refractivity contribution in [2.24, 2.45) is 35.3 Å². The van der Waals surface area contributed by atoms with Crippen LogP contribution < -0.4 is 5.73 Å². The van der Waals surface area contributed by atoms with Gasteiger partial charge in [-0.1, -0.05) is 0 Å². The molecule has 3 heteroatoms. The van der Waals surface area contributed by atoms with Gasteiger partial charge in [0.15, 0.2) is 0 Å². The van der Waals surface area contributed by atoms with Gasteiger partial charge < -0.3 is 10.7 Å². The summed E-state index contributed by atoms with van der Waals surface area (Å²) in [4.78, 5) is 7.99. The molecule has 19 heavy (non-hydrogen) atoms. The van der Waals surface area contributed by atoms with E-state index < -0.39 is 0 Å². The summed E-state index contributed by atoms with van der Waals surface area (Å²) in [6.07, 6.45) is 10.6. The maximum atomic E-state index is 5.90. The van der Waals surface area contributed by atoms with Crippen LogP contribution in [0.1, 0.15) is 56.6 Å². The van der Waals surface area contributed by atoms with E-state index in [9.17, 15) is 0 Å². The molecule has 0 aliphatic heterocycles. The second kappa shape index (κ2) is 4.34. The van der Waals surface area contributed by atoms with Gasteiger partial charge in [0, 0.05) is 18.7 Å². The Bertz CT molecular complexity index is 434. The zero-order valence-corrected chi connectivity index (χ0v) is 11.8. The van der Waals surface area contributed by atoms with Crippen LogP contribution in [0.5, 0.6) is 0 Å². The summed E-state index contributed by atoms with van der Waals surface area (Å²) in [5.74, 6) is 6.16. The maximum absolute atomic E-state index is 5.90. The highest BCUT2D eigenvalue weighted by atomic mass is 14.9. The largest absolute Gasteiger partial charge is 0.345 e. The van der Waals surface area contributed by atoms with Gasteiger partial charge in [0.05, 0.1) is 5.69 Å². The zero-order chi connectivity index (χ0) is 13.0. The molecule has 1 aromatic heterocycles. The molecule has 0 spiro atoms. The number of hydrogen-bond acceptors (Lipinski definition) is 2. The highest BCUT2D eigenvalue weighted by Crippen LogP contribution is 2.57. The van der Waals surface area contributed by atoms with Crippen LogP contribution in [0.15, 0.2) is 6.20 Å². The SMILES string of the molecule is CC(N)c1cnc(CC2C3CC4CC(C3)CC2C4)[nH]1. The smallest absolute Gasteiger partial charge is 0.106 e. The van der Waals surface area contributed by atoms with Crippen LogP contribution in [0.3, 0.4) is 0 Å². The van der Waals surface area contributed by atoms with Gasteiger partial charge in [-0.05, 0) is 68.6 Å². The summed E-state index contributed by atoms with van der Waals surface area (Å²) in [5.41, 5.74) is 6.99. The molecular formula is C16H25N3. The Morgan fingerprint density at radius 2 is 1.84 bits per heavy atom. The van der Waals surface area contributed by atoms with Crippen molar-refractivity contribution in [1.82, 2.24) is 9.97 Å². The molecule has 0 radical (unpaired) electrons. The summed E-state index contributed by atoms with van der Waals surface area (Å²) in [6.45, 7) is 2.01. The minimum atomic E-state index is 0.0692. The van der Waals surface area contributed by atoms with Crippen molar-refractivity contribution in [1.29, 1.82) is 0 Å². The minimum absolute atomic E-state index is 0.0692. The van der Waals surface area contributed by atoms with Gasteiger partial charge in [-0.3, -0.25) is 0 Å². The van der Waals surface area contributed by atoms with Gasteiger partial charge in [-0.15, -0.1) is 0 Å². The number of aromatic nitrogens is 2. The first kappa shape index (κ1) is 12.0. The summed E-state index contributed by atoms with van der Waals surface area (Å²) < 4.78 is 0. The van der Waals surface area contributed by atoms with E-state index in [-0.39, 0.29) is 6.04 Å². The minimum Gasteiger partial charge on any atom is -0.345 e. The van der Waals surface area contributed by atoms with Crippen LogP contribution in [-0.4, -0.2) is 9.97 Å². The number of nitrogens with zero attached hydrogens (tertiary/aromatic N) is 1. The molecule has 4 aliphatic carbocycles. The molecule has 4 saturated carbocycles. The number of imidazole rings is 1. The number of rotatable bonds is 3. The lowest BCUT2D eigenvalue weighted by Crippen LogP contribution is -2.45. The van der Waals surface area contributed by atoms with E-state index in [4.69, 9.17) is 5.73 Å². The molecule has 0 aromatic carbocycles. The van der Waals surface area contributed by atoms with Crippen molar-refractivity contribution < 1.29 is 0 Å². The van der Waals surface area contributed by atoms with E-state index in [2.05, 4.69) is 9.97 Å². The van der Waals surface area contributed by atoms with Crippen LogP contribution in [0, 0.1) is 29.6 Å². The first-order valence-corrected chi connectivity index (χ1v) is 7.98. The molecule has 1 unspecified atom stereocenters. The summed E-state index contributed by atoms with van der Waals surface area (Å²) in [7, 11) is 0. The Morgan fingerprint density at radius 1 is 1.21 bits per heavy atom. The second-order valence-electron chi connectivity index (χ2n) is 7.37. The van der Waals surface area contributed by atoms with Gasteiger partial charge in [-0.2, -0.15) is 0 Å². The normalized spacial score (nSPS) is 41.7. The highest BCUT2D eigenvalue weighted by Gasteiger charge is 2.48. The maximum Gasteiger partial charge on any atom is 0.106 e. The first-order chi connectivity index (χ1) is 9.19. The van der Waals surface area contributed by atoms with Crippen molar-refractivity contribution in [2.75, 3.05) is 0 Å². The Kier molecular flexibility index (Phi) is 2.73. The fourth-order valence-corrected chi connectivity index (χ4v) is 5.31. The summed E-state index contributed by atoms with van der Waals surface area (Å²) in [6, 6.07) is 0.0692. The van der Waals surface area contributed by atoms with Gasteiger partial charge in [-0.25, -0.2) is 4.98 Å². The van der Waals surface area contributed by atoms with E-state index in [1.54, 1.807) is 0 Å². The first-order valence-electron chi connectivity index (χ1n) is 7.98. The second-order valence-corrected chi connectivity index (χ2v) is 7.37. The average molecular weight is 259 g/mol. The zero-order valence-electron chi connectivity index (χ0n) is 11.8. The lowest BCUT2D eigenvalue weighted by atomic mass is 9.51. The monoisotopic (exact) mass is 259 g/mol. The van der Waals surface area contributed by atoms with Crippen LogP contribution in [0.25, 0.3) is 0 Å². The topological polar surface area (TPSA) is 54.7 Å². The lowest BCUT2D eigenvalue weighted by molar-refractivity contribution is -0.0366. The molecule has 3 N–H and O–H groups in total.